The Kier molecular flexibility index (Phi) is 4.70. The molecule has 0 aliphatic heterocycles. The van der Waals surface area contributed by atoms with Crippen molar-refractivity contribution in [3.63, 3.8) is 0 Å². The van der Waals surface area contributed by atoms with Gasteiger partial charge in [-0.05, 0) is 27.7 Å². The normalized spacial score (nSPS) is 12.0. The summed E-state index contributed by atoms with van der Waals surface area (Å²) in [6.45, 7) is 10.8. The Morgan fingerprint density at radius 1 is 1.47 bits per heavy atom. The van der Waals surface area contributed by atoms with Crippen LogP contribution in [0, 0.1) is 6.92 Å². The van der Waals surface area contributed by atoms with Crippen LogP contribution in [-0.4, -0.2) is 23.7 Å². The van der Waals surface area contributed by atoms with Gasteiger partial charge in [0.25, 0.3) is 0 Å². The summed E-state index contributed by atoms with van der Waals surface area (Å²) in [5.74, 6) is 0. The van der Waals surface area contributed by atoms with E-state index in [2.05, 4.69) is 31.1 Å². The lowest BCUT2D eigenvalue weighted by Gasteiger charge is -2.19. The molecule has 1 aromatic heterocycles. The van der Waals surface area contributed by atoms with Crippen LogP contribution in [0.4, 0.5) is 0 Å². The molecule has 1 N–H and O–H groups in total. The second kappa shape index (κ2) is 5.58. The van der Waals surface area contributed by atoms with E-state index >= 15 is 0 Å². The number of hydrogen-bond donors (Lipinski definition) is 1. The van der Waals surface area contributed by atoms with E-state index in [1.54, 1.807) is 11.3 Å². The maximum atomic E-state index is 5.60. The molecule has 0 atom stereocenters. The first kappa shape index (κ1) is 12.6. The fraction of sp³-hybridized carbons (Fsp3) is 0.727. The molecular weight excluding hydrogens is 208 g/mol. The lowest BCUT2D eigenvalue weighted by Crippen LogP contribution is -2.26. The lowest BCUT2D eigenvalue weighted by molar-refractivity contribution is -0.000869. The van der Waals surface area contributed by atoms with Crippen LogP contribution in [-0.2, 0) is 11.3 Å². The second-order valence-corrected chi connectivity index (χ2v) is 5.80. The minimum absolute atomic E-state index is 0.0389. The topological polar surface area (TPSA) is 34.2 Å². The number of aryl methyl sites for hydroxylation is 1. The summed E-state index contributed by atoms with van der Waals surface area (Å²) in [5.41, 5.74) is -0.0389. The van der Waals surface area contributed by atoms with E-state index in [0.29, 0.717) is 0 Å². The first-order valence-electron chi connectivity index (χ1n) is 5.23. The lowest BCUT2D eigenvalue weighted by atomic mass is 10.2. The minimum Gasteiger partial charge on any atom is -0.375 e. The van der Waals surface area contributed by atoms with Gasteiger partial charge < -0.3 is 10.1 Å². The van der Waals surface area contributed by atoms with Crippen molar-refractivity contribution < 1.29 is 4.74 Å². The Morgan fingerprint density at radius 3 is 2.73 bits per heavy atom. The molecule has 1 aromatic rings. The van der Waals surface area contributed by atoms with E-state index in [0.717, 1.165) is 24.7 Å². The smallest absolute Gasteiger partial charge is 0.0897 e. The first-order chi connectivity index (χ1) is 6.97. The summed E-state index contributed by atoms with van der Waals surface area (Å²) < 4.78 is 5.60. The average molecular weight is 228 g/mol. The van der Waals surface area contributed by atoms with Gasteiger partial charge in [-0.1, -0.05) is 0 Å². The summed E-state index contributed by atoms with van der Waals surface area (Å²) in [4.78, 5) is 5.48. The second-order valence-electron chi connectivity index (χ2n) is 4.48. The molecule has 0 saturated carbocycles. The maximum absolute atomic E-state index is 5.60. The SMILES string of the molecule is Cc1ncc(CNCCOC(C)(C)C)s1. The van der Waals surface area contributed by atoms with E-state index in [4.69, 9.17) is 4.74 Å². The van der Waals surface area contributed by atoms with E-state index in [1.807, 2.05) is 13.1 Å². The highest BCUT2D eigenvalue weighted by atomic mass is 32.1. The molecule has 0 bridgehead atoms. The molecule has 0 aliphatic carbocycles. The fourth-order valence-electron chi connectivity index (χ4n) is 1.13. The monoisotopic (exact) mass is 228 g/mol. The summed E-state index contributed by atoms with van der Waals surface area (Å²) in [5, 5.41) is 4.46. The van der Waals surface area contributed by atoms with Crippen LogP contribution in [0.5, 0.6) is 0 Å². The van der Waals surface area contributed by atoms with E-state index in [1.165, 1.54) is 4.88 Å². The quantitative estimate of drug-likeness (QED) is 0.786. The molecule has 0 radical (unpaired) electrons. The van der Waals surface area contributed by atoms with Gasteiger partial charge in [0.2, 0.25) is 0 Å². The third-order valence-corrected chi connectivity index (χ3v) is 2.70. The highest BCUT2D eigenvalue weighted by Gasteiger charge is 2.08. The van der Waals surface area contributed by atoms with Crippen molar-refractivity contribution in [3.05, 3.63) is 16.1 Å². The number of nitrogens with one attached hydrogen (secondary N) is 1. The van der Waals surface area contributed by atoms with Crippen molar-refractivity contribution in [2.24, 2.45) is 0 Å². The molecule has 1 rings (SSSR count). The fourth-order valence-corrected chi connectivity index (χ4v) is 1.89. The maximum Gasteiger partial charge on any atom is 0.0897 e. The predicted octanol–water partition coefficient (Wildman–Crippen LogP) is 2.36. The van der Waals surface area contributed by atoms with Crippen molar-refractivity contribution in [1.29, 1.82) is 0 Å². The number of nitrogens with zero attached hydrogens (tertiary/aromatic N) is 1. The van der Waals surface area contributed by atoms with Gasteiger partial charge in [0, 0.05) is 24.2 Å². The van der Waals surface area contributed by atoms with Gasteiger partial charge in [0.05, 0.1) is 17.2 Å². The zero-order valence-electron chi connectivity index (χ0n) is 9.96. The highest BCUT2D eigenvalue weighted by molar-refractivity contribution is 7.11. The standard InChI is InChI=1S/C11H20N2OS/c1-9-13-8-10(15-9)7-12-5-6-14-11(2,3)4/h8,12H,5-7H2,1-4H3. The van der Waals surface area contributed by atoms with Crippen LogP contribution in [0.2, 0.25) is 0 Å². The molecule has 86 valence electrons. The average Bonchev–Trinajstić information content (AvgIpc) is 2.49. The first-order valence-corrected chi connectivity index (χ1v) is 6.05. The minimum atomic E-state index is -0.0389. The van der Waals surface area contributed by atoms with E-state index in [9.17, 15) is 0 Å². The Morgan fingerprint density at radius 2 is 2.20 bits per heavy atom. The third-order valence-electron chi connectivity index (χ3n) is 1.78. The zero-order chi connectivity index (χ0) is 11.3. The van der Waals surface area contributed by atoms with Crippen molar-refractivity contribution in [2.45, 2.75) is 39.8 Å². The van der Waals surface area contributed by atoms with E-state index in [-0.39, 0.29) is 5.60 Å². The van der Waals surface area contributed by atoms with Gasteiger partial charge in [-0.3, -0.25) is 0 Å². The summed E-state index contributed by atoms with van der Waals surface area (Å²) in [6, 6.07) is 0. The van der Waals surface area contributed by atoms with Gasteiger partial charge in [0.1, 0.15) is 0 Å². The third kappa shape index (κ3) is 5.87. The Hall–Kier alpha value is -0.450. The van der Waals surface area contributed by atoms with E-state index < -0.39 is 0 Å². The van der Waals surface area contributed by atoms with Crippen molar-refractivity contribution in [3.8, 4) is 0 Å². The molecule has 3 nitrogen and oxygen atoms in total. The molecule has 0 fully saturated rings. The van der Waals surface area contributed by atoms with Crippen LogP contribution >= 0.6 is 11.3 Å². The van der Waals surface area contributed by atoms with Crippen LogP contribution in [0.1, 0.15) is 30.7 Å². The van der Waals surface area contributed by atoms with Gasteiger partial charge in [-0.25, -0.2) is 4.98 Å². The molecular formula is C11H20N2OS. The number of aromatic nitrogens is 1. The summed E-state index contributed by atoms with van der Waals surface area (Å²) >= 11 is 1.74. The largest absolute Gasteiger partial charge is 0.375 e. The molecule has 0 unspecified atom stereocenters. The zero-order valence-corrected chi connectivity index (χ0v) is 10.8. The summed E-state index contributed by atoms with van der Waals surface area (Å²) in [7, 11) is 0. The van der Waals surface area contributed by atoms with Crippen molar-refractivity contribution in [2.75, 3.05) is 13.2 Å². The van der Waals surface area contributed by atoms with Gasteiger partial charge in [0.15, 0.2) is 0 Å². The van der Waals surface area contributed by atoms with Gasteiger partial charge >= 0.3 is 0 Å². The molecule has 0 saturated heterocycles. The van der Waals surface area contributed by atoms with Crippen molar-refractivity contribution in [1.82, 2.24) is 10.3 Å². The molecule has 1 heterocycles. The number of hydrogen-bond acceptors (Lipinski definition) is 4. The van der Waals surface area contributed by atoms with Gasteiger partial charge in [-0.15, -0.1) is 11.3 Å². The molecule has 0 aliphatic rings. The Labute approximate surface area is 95.9 Å². The Bertz CT molecular complexity index is 291. The van der Waals surface area contributed by atoms with Crippen LogP contribution < -0.4 is 5.32 Å². The van der Waals surface area contributed by atoms with Crippen molar-refractivity contribution >= 4 is 11.3 Å². The van der Waals surface area contributed by atoms with Crippen LogP contribution in [0.3, 0.4) is 0 Å². The molecule has 0 amide bonds. The summed E-state index contributed by atoms with van der Waals surface area (Å²) in [6.07, 6.45) is 1.93. The molecule has 15 heavy (non-hydrogen) atoms. The highest BCUT2D eigenvalue weighted by Crippen LogP contribution is 2.10. The molecule has 0 spiro atoms. The van der Waals surface area contributed by atoms with Crippen LogP contribution in [0.15, 0.2) is 6.20 Å². The molecule has 0 aromatic carbocycles. The number of rotatable bonds is 5. The number of thiazole rings is 1. The van der Waals surface area contributed by atoms with Crippen LogP contribution in [0.25, 0.3) is 0 Å². The Balaban J connectivity index is 2.07. The number of ether oxygens (including phenoxy) is 1. The predicted molar refractivity (Wildman–Crippen MR) is 64.3 cm³/mol. The van der Waals surface area contributed by atoms with Gasteiger partial charge in [-0.2, -0.15) is 0 Å². The molecule has 4 heteroatoms.